The third kappa shape index (κ3) is 2.88. The Bertz CT molecular complexity index is 477. The van der Waals surface area contributed by atoms with Gasteiger partial charge in [-0.2, -0.15) is 5.26 Å². The number of rotatable bonds is 3. The lowest BCUT2D eigenvalue weighted by atomic mass is 9.93. The molecule has 1 aromatic carbocycles. The SMILES string of the molecule is N#CC(C(=O)C1COCCO1)c1cccc(Cl)c1. The van der Waals surface area contributed by atoms with E-state index >= 15 is 0 Å². The van der Waals surface area contributed by atoms with Crippen LogP contribution in [0.25, 0.3) is 0 Å². The van der Waals surface area contributed by atoms with Gasteiger partial charge in [-0.1, -0.05) is 23.7 Å². The summed E-state index contributed by atoms with van der Waals surface area (Å²) in [5, 5.41) is 9.66. The minimum absolute atomic E-state index is 0.206. The largest absolute Gasteiger partial charge is 0.376 e. The Morgan fingerprint density at radius 1 is 1.50 bits per heavy atom. The van der Waals surface area contributed by atoms with Crippen molar-refractivity contribution in [3.05, 3.63) is 34.9 Å². The number of halogens is 1. The minimum Gasteiger partial charge on any atom is -0.376 e. The van der Waals surface area contributed by atoms with E-state index in [9.17, 15) is 4.79 Å². The highest BCUT2D eigenvalue weighted by atomic mass is 35.5. The van der Waals surface area contributed by atoms with Crippen LogP contribution in [-0.2, 0) is 14.3 Å². The standard InChI is InChI=1S/C13H12ClNO3/c14-10-3-1-2-9(6-10)11(7-15)13(16)12-8-17-4-5-18-12/h1-3,6,11-12H,4-5,8H2. The van der Waals surface area contributed by atoms with Crippen LogP contribution >= 0.6 is 11.6 Å². The number of ketones is 1. The lowest BCUT2D eigenvalue weighted by Crippen LogP contribution is -2.38. The molecule has 2 unspecified atom stereocenters. The summed E-state index contributed by atoms with van der Waals surface area (Å²) in [6.07, 6.45) is -0.664. The number of ether oxygens (including phenoxy) is 2. The fourth-order valence-electron chi connectivity index (χ4n) is 1.83. The van der Waals surface area contributed by atoms with Gasteiger partial charge in [-0.15, -0.1) is 0 Å². The maximum absolute atomic E-state index is 12.2. The molecule has 0 saturated carbocycles. The first-order valence-electron chi connectivity index (χ1n) is 5.60. The summed E-state index contributed by atoms with van der Waals surface area (Å²) < 4.78 is 10.5. The second-order valence-corrected chi connectivity index (χ2v) is 4.39. The van der Waals surface area contributed by atoms with Crippen LogP contribution in [0.4, 0.5) is 0 Å². The lowest BCUT2D eigenvalue weighted by Gasteiger charge is -2.23. The second kappa shape index (κ2) is 5.96. The molecule has 1 aliphatic heterocycles. The highest BCUT2D eigenvalue weighted by molar-refractivity contribution is 6.30. The molecule has 2 atom stereocenters. The average Bonchev–Trinajstić information content (AvgIpc) is 2.40. The molecule has 0 radical (unpaired) electrons. The van der Waals surface area contributed by atoms with Gasteiger partial charge in [0.25, 0.3) is 0 Å². The van der Waals surface area contributed by atoms with E-state index in [0.717, 1.165) is 0 Å². The molecule has 1 aromatic rings. The van der Waals surface area contributed by atoms with E-state index < -0.39 is 12.0 Å². The molecule has 5 heteroatoms. The van der Waals surface area contributed by atoms with Crippen LogP contribution in [0.5, 0.6) is 0 Å². The summed E-state index contributed by atoms with van der Waals surface area (Å²) in [5.74, 6) is -1.14. The Hall–Kier alpha value is -1.41. The zero-order valence-electron chi connectivity index (χ0n) is 9.64. The Morgan fingerprint density at radius 3 is 2.94 bits per heavy atom. The van der Waals surface area contributed by atoms with Gasteiger partial charge in [-0.3, -0.25) is 4.79 Å². The molecular formula is C13H12ClNO3. The summed E-state index contributed by atoms with van der Waals surface area (Å²) in [7, 11) is 0. The maximum Gasteiger partial charge on any atom is 0.185 e. The molecule has 0 aliphatic carbocycles. The third-order valence-electron chi connectivity index (χ3n) is 2.73. The van der Waals surface area contributed by atoms with Crippen LogP contribution in [0.1, 0.15) is 11.5 Å². The predicted octanol–water partition coefficient (Wildman–Crippen LogP) is 1.93. The van der Waals surface area contributed by atoms with Crippen molar-refractivity contribution in [2.75, 3.05) is 19.8 Å². The van der Waals surface area contributed by atoms with Crippen molar-refractivity contribution in [1.29, 1.82) is 5.26 Å². The van der Waals surface area contributed by atoms with Gasteiger partial charge in [0.15, 0.2) is 5.78 Å². The summed E-state index contributed by atoms with van der Waals surface area (Å²) in [4.78, 5) is 12.2. The highest BCUT2D eigenvalue weighted by Gasteiger charge is 2.30. The molecule has 1 fully saturated rings. The third-order valence-corrected chi connectivity index (χ3v) is 2.96. The van der Waals surface area contributed by atoms with Crippen molar-refractivity contribution in [3.8, 4) is 6.07 Å². The van der Waals surface area contributed by atoms with Crippen LogP contribution in [0, 0.1) is 11.3 Å². The van der Waals surface area contributed by atoms with E-state index in [4.69, 9.17) is 26.3 Å². The van der Waals surface area contributed by atoms with Crippen LogP contribution in [-0.4, -0.2) is 31.7 Å². The van der Waals surface area contributed by atoms with Gasteiger partial charge < -0.3 is 9.47 Å². The zero-order chi connectivity index (χ0) is 13.0. The lowest BCUT2D eigenvalue weighted by molar-refractivity contribution is -0.145. The Labute approximate surface area is 110 Å². The Kier molecular flexibility index (Phi) is 4.32. The van der Waals surface area contributed by atoms with Crippen LogP contribution in [0.2, 0.25) is 5.02 Å². The average molecular weight is 266 g/mol. The molecule has 0 bridgehead atoms. The molecule has 18 heavy (non-hydrogen) atoms. The first kappa shape index (κ1) is 13.0. The van der Waals surface area contributed by atoms with Crippen molar-refractivity contribution in [3.63, 3.8) is 0 Å². The van der Waals surface area contributed by atoms with Gasteiger partial charge in [0.05, 0.1) is 25.9 Å². The van der Waals surface area contributed by atoms with E-state index in [-0.39, 0.29) is 12.4 Å². The van der Waals surface area contributed by atoms with Crippen LogP contribution in [0.15, 0.2) is 24.3 Å². The number of hydrogen-bond donors (Lipinski definition) is 0. The number of nitriles is 1. The number of nitrogens with zero attached hydrogens (tertiary/aromatic N) is 1. The molecule has 0 N–H and O–H groups in total. The summed E-state index contributed by atoms with van der Waals surface area (Å²) in [6.45, 7) is 1.07. The fourth-order valence-corrected chi connectivity index (χ4v) is 2.03. The quantitative estimate of drug-likeness (QED) is 0.838. The zero-order valence-corrected chi connectivity index (χ0v) is 10.4. The van der Waals surface area contributed by atoms with Crippen LogP contribution < -0.4 is 0 Å². The van der Waals surface area contributed by atoms with E-state index in [1.165, 1.54) is 0 Å². The van der Waals surface area contributed by atoms with Gasteiger partial charge in [-0.25, -0.2) is 0 Å². The number of Topliss-reactive ketones (excluding diaryl/α,β-unsaturated/α-hetero) is 1. The normalized spacial score (nSPS) is 21.0. The van der Waals surface area contributed by atoms with Gasteiger partial charge in [0.1, 0.15) is 12.0 Å². The van der Waals surface area contributed by atoms with Gasteiger partial charge in [-0.05, 0) is 17.7 Å². The molecule has 0 amide bonds. The first-order valence-corrected chi connectivity index (χ1v) is 5.98. The molecule has 4 nitrogen and oxygen atoms in total. The van der Waals surface area contributed by atoms with Crippen molar-refractivity contribution >= 4 is 17.4 Å². The minimum atomic E-state index is -0.865. The van der Waals surface area contributed by atoms with Gasteiger partial charge in [0.2, 0.25) is 0 Å². The molecule has 1 aliphatic rings. The number of benzene rings is 1. The highest BCUT2D eigenvalue weighted by Crippen LogP contribution is 2.22. The number of carbonyl (C=O) groups is 1. The smallest absolute Gasteiger partial charge is 0.185 e. The summed E-state index contributed by atoms with van der Waals surface area (Å²) >= 11 is 5.86. The van der Waals surface area contributed by atoms with E-state index in [1.807, 2.05) is 6.07 Å². The molecule has 0 spiro atoms. The van der Waals surface area contributed by atoms with E-state index in [0.29, 0.717) is 23.8 Å². The maximum atomic E-state index is 12.2. The molecule has 94 valence electrons. The van der Waals surface area contributed by atoms with E-state index in [1.54, 1.807) is 24.3 Å². The Balaban J connectivity index is 2.18. The van der Waals surface area contributed by atoms with Crippen LogP contribution in [0.3, 0.4) is 0 Å². The molecule has 1 heterocycles. The topological polar surface area (TPSA) is 59.3 Å². The van der Waals surface area contributed by atoms with Gasteiger partial charge in [0, 0.05) is 5.02 Å². The van der Waals surface area contributed by atoms with Gasteiger partial charge >= 0.3 is 0 Å². The Morgan fingerprint density at radius 2 is 2.33 bits per heavy atom. The van der Waals surface area contributed by atoms with Crippen molar-refractivity contribution in [2.45, 2.75) is 12.0 Å². The van der Waals surface area contributed by atoms with Crippen molar-refractivity contribution < 1.29 is 14.3 Å². The monoisotopic (exact) mass is 265 g/mol. The van der Waals surface area contributed by atoms with Crippen molar-refractivity contribution in [1.82, 2.24) is 0 Å². The number of hydrogen-bond acceptors (Lipinski definition) is 4. The molecular weight excluding hydrogens is 254 g/mol. The molecule has 2 rings (SSSR count). The molecule has 1 saturated heterocycles. The van der Waals surface area contributed by atoms with Crippen molar-refractivity contribution in [2.24, 2.45) is 0 Å². The summed E-state index contributed by atoms with van der Waals surface area (Å²) in [5.41, 5.74) is 0.587. The van der Waals surface area contributed by atoms with E-state index in [2.05, 4.69) is 0 Å². The predicted molar refractivity (Wildman–Crippen MR) is 65.4 cm³/mol. The first-order chi connectivity index (χ1) is 8.72. The number of carbonyl (C=O) groups excluding carboxylic acids is 1. The molecule has 0 aromatic heterocycles. The summed E-state index contributed by atoms with van der Waals surface area (Å²) in [6, 6.07) is 8.75. The fraction of sp³-hybridized carbons (Fsp3) is 0.385. The second-order valence-electron chi connectivity index (χ2n) is 3.95.